The molecule has 323 valence electrons. The van der Waals surface area contributed by atoms with Crippen LogP contribution in [0.15, 0.2) is 24.3 Å². The molecule has 4 rings (SSSR count). The Bertz CT molecular complexity index is 1600. The van der Waals surface area contributed by atoms with Crippen molar-refractivity contribution in [1.82, 2.24) is 9.80 Å². The molecule has 1 aromatic carbocycles. The van der Waals surface area contributed by atoms with Gasteiger partial charge in [-0.1, -0.05) is 31.7 Å². The van der Waals surface area contributed by atoms with E-state index in [4.69, 9.17) is 11.6 Å². The number of Topliss-reactive ketones (excluding diaryl/α,β-unsaturated/α-hetero) is 1. The number of amides is 4. The topological polar surface area (TPSA) is 194 Å². The number of ketones is 1. The molecule has 3 aliphatic rings. The maximum absolute atomic E-state index is 12.0. The molecule has 2 unspecified atom stereocenters. The van der Waals surface area contributed by atoms with Crippen LogP contribution < -0.4 is 0 Å². The smallest absolute Gasteiger partial charge is 0.243 e. The quantitative estimate of drug-likeness (QED) is 0.128. The number of hydrogen-bond donors (Lipinski definition) is 0. The molecule has 0 spiro atoms. The van der Waals surface area contributed by atoms with Gasteiger partial charge in [-0.15, -0.1) is 5.75 Å². The fraction of sp³-hybridized carbons (Fsp3) is 0.564. The summed E-state index contributed by atoms with van der Waals surface area (Å²) in [5.41, 5.74) is 1.25. The third kappa shape index (κ3) is 26.3. The first-order valence-electron chi connectivity index (χ1n) is 19.8. The number of imide groups is 2. The monoisotopic (exact) mass is 982 g/mol. The number of likely N-dealkylation sites (tertiary alicyclic amines) is 2. The molecule has 1 aliphatic carbocycles. The minimum atomic E-state index is -0.913. The van der Waals surface area contributed by atoms with E-state index in [2.05, 4.69) is 6.79 Å². The predicted molar refractivity (Wildman–Crippen MR) is 236 cm³/mol. The summed E-state index contributed by atoms with van der Waals surface area (Å²) in [6.07, 6.45) is 12.2. The fourth-order valence-electron chi connectivity index (χ4n) is 5.07. The summed E-state index contributed by atoms with van der Waals surface area (Å²) in [5.74, 6) is 0.832. The predicted octanol–water partition coefficient (Wildman–Crippen LogP) is 4.50. The molecule has 1 aromatic rings. The van der Waals surface area contributed by atoms with Gasteiger partial charge in [-0.25, -0.2) is 0 Å². The van der Waals surface area contributed by atoms with Gasteiger partial charge in [-0.2, -0.15) is 58.8 Å². The van der Waals surface area contributed by atoms with Gasteiger partial charge in [0.2, 0.25) is 23.6 Å². The zero-order valence-electron chi connectivity index (χ0n) is 38.7. The Kier molecular flexibility index (Phi) is 36.4. The molecule has 2 heterocycles. The molecule has 1 saturated carbocycles. The number of benzene rings is 1. The number of thioether (sulfide) groups is 5. The van der Waals surface area contributed by atoms with Crippen molar-refractivity contribution < 1.29 is 92.3 Å². The zero-order valence-corrected chi connectivity index (χ0v) is 40.6. The number of rotatable bonds is 16. The van der Waals surface area contributed by atoms with E-state index in [0.717, 1.165) is 36.1 Å². The maximum atomic E-state index is 12.0. The molecular formula is C39H56N2O11S5Y-2. The van der Waals surface area contributed by atoms with E-state index in [0.29, 0.717) is 48.1 Å². The summed E-state index contributed by atoms with van der Waals surface area (Å²) in [4.78, 5) is 119. The van der Waals surface area contributed by atoms with Crippen LogP contribution in [0.1, 0.15) is 68.7 Å². The largest absolute Gasteiger partial charge is 0.545 e. The van der Waals surface area contributed by atoms with Crippen LogP contribution in [0.4, 0.5) is 0 Å². The van der Waals surface area contributed by atoms with Crippen LogP contribution in [0.2, 0.25) is 0 Å². The van der Waals surface area contributed by atoms with Crippen LogP contribution in [0, 0.1) is 11.8 Å². The standard InChI is InChI=1S/C13H19NO3S.C11H12O2S.C7H9NO3S.C3H6OS.C3H5OS.CHO.CH4.Y/c1-18-11-6-12(16)14(13(11)17)7-9-2-4-10(8-15)5-3-9;1-14-8-11(13)6-9-2-4-10(7-12)5-3-9;1-12-5-4-6(10)8(2-3-9)7(5)11;2*1-5-3-2-4;1-2;;/h8-11H,2-7H2,1H3;2-5,7H,6,8H2,1H3;3,5H,2,4H2,1H3;2H,3H2,1H3;3H2,1H3;1H;1H4;/q;;;;2*-1;;/i8D;7D;3D;2D;;;1D;. The third-order valence-electron chi connectivity index (χ3n) is 7.84. The van der Waals surface area contributed by atoms with Crippen LogP contribution in [0.25, 0.3) is 0 Å². The molecule has 13 nitrogen and oxygen atoms in total. The van der Waals surface area contributed by atoms with E-state index < -0.39 is 31.6 Å². The Morgan fingerprint density at radius 2 is 1.34 bits per heavy atom. The summed E-state index contributed by atoms with van der Waals surface area (Å²) in [5, 5.41) is -0.578. The van der Waals surface area contributed by atoms with Crippen LogP contribution in [-0.4, -0.2) is 149 Å². The number of hydrogen-bond acceptors (Lipinski definition) is 16. The van der Waals surface area contributed by atoms with Crippen molar-refractivity contribution >= 4 is 126 Å². The molecule has 58 heavy (non-hydrogen) atoms. The minimum Gasteiger partial charge on any atom is -0.545 e. The summed E-state index contributed by atoms with van der Waals surface area (Å²) in [7, 11) is 1.25. The van der Waals surface area contributed by atoms with Crippen LogP contribution in [0.3, 0.4) is 0 Å². The van der Waals surface area contributed by atoms with Crippen LogP contribution in [-0.2, 0) is 87.1 Å². The van der Waals surface area contributed by atoms with Gasteiger partial charge < -0.3 is 24.0 Å². The molecule has 0 N–H and O–H groups in total. The molecule has 2 atom stereocenters. The van der Waals surface area contributed by atoms with Gasteiger partial charge in [0, 0.05) is 77.1 Å². The molecule has 4 amide bonds. The van der Waals surface area contributed by atoms with E-state index in [-0.39, 0.29) is 85.0 Å². The average Bonchev–Trinajstić information content (AvgIpc) is 3.68. The number of carbonyl (C=O) groups is 9. The van der Waals surface area contributed by atoms with E-state index in [1.807, 2.05) is 18.8 Å². The van der Waals surface area contributed by atoms with Crippen LogP contribution >= 0.6 is 58.8 Å². The van der Waals surface area contributed by atoms with E-state index in [1.165, 1.54) is 71.1 Å². The Morgan fingerprint density at radius 3 is 1.69 bits per heavy atom. The summed E-state index contributed by atoms with van der Waals surface area (Å²) >= 11 is 7.08. The van der Waals surface area contributed by atoms with E-state index in [9.17, 15) is 47.9 Å². The van der Waals surface area contributed by atoms with Crippen molar-refractivity contribution in [3.63, 3.8) is 0 Å². The summed E-state index contributed by atoms with van der Waals surface area (Å²) < 4.78 is 32.7. The Morgan fingerprint density at radius 1 is 0.828 bits per heavy atom. The Hall–Kier alpha value is -1.96. The van der Waals surface area contributed by atoms with Crippen molar-refractivity contribution in [3.05, 3.63) is 35.4 Å². The molecule has 0 aromatic heterocycles. The molecule has 0 bridgehead atoms. The van der Waals surface area contributed by atoms with Gasteiger partial charge in [0.05, 0.1) is 22.8 Å². The van der Waals surface area contributed by atoms with Gasteiger partial charge in [0.15, 0.2) is 0 Å². The second-order valence-electron chi connectivity index (χ2n) is 11.6. The van der Waals surface area contributed by atoms with Gasteiger partial charge in [-0.3, -0.25) is 51.6 Å². The molecular weight excluding hydrogens is 922 g/mol. The van der Waals surface area contributed by atoms with Crippen molar-refractivity contribution in [3.8, 4) is 0 Å². The first kappa shape index (κ1) is 52.2. The van der Waals surface area contributed by atoms with E-state index >= 15 is 0 Å². The minimum absolute atomic E-state index is 0. The number of carbonyl (C=O) groups excluding carboxylic acids is 11. The summed E-state index contributed by atoms with van der Waals surface area (Å²) in [6, 6.07) is 6.61. The number of aldehydes is 4. The van der Waals surface area contributed by atoms with Crippen LogP contribution in [0.5, 0.6) is 0 Å². The normalized spacial score (nSPS) is 19.9. The van der Waals surface area contributed by atoms with E-state index in [1.54, 1.807) is 43.1 Å². The second kappa shape index (κ2) is 40.4. The van der Waals surface area contributed by atoms with Crippen molar-refractivity contribution in [2.45, 2.75) is 62.8 Å². The molecule has 19 heteroatoms. The van der Waals surface area contributed by atoms with Crippen molar-refractivity contribution in [2.24, 2.45) is 11.8 Å². The van der Waals surface area contributed by atoms with Gasteiger partial charge in [0.25, 0.3) is 0 Å². The van der Waals surface area contributed by atoms with Crippen molar-refractivity contribution in [2.75, 3.05) is 61.6 Å². The second-order valence-corrected chi connectivity index (χ2v) is 16.3. The molecule has 3 fully saturated rings. The maximum Gasteiger partial charge on any atom is 0.243 e. The first-order valence-corrected chi connectivity index (χ1v) is 23.6. The van der Waals surface area contributed by atoms with Gasteiger partial charge in [-0.05, 0) is 68.4 Å². The first-order chi connectivity index (χ1) is 29.4. The van der Waals surface area contributed by atoms with Crippen molar-refractivity contribution in [1.29, 1.82) is 0 Å². The Balaban J connectivity index is -0.000000359. The fourth-order valence-corrected chi connectivity index (χ4v) is 7.00. The SMILES string of the molecule is CSC[C-]=O.[2H]C.[2H]C(=O)C1CCC(CN2C(=O)CC(SC)C2=O)CC1.[2H]C(=O)CN1C(=O)CC(SC)C1=O.[2H]C(=O)CSC.[2H]C(=O)c1ccc(CC(=O)CSC)cc1.[CH-]=O.[Y]. The van der Waals surface area contributed by atoms with Gasteiger partial charge >= 0.3 is 0 Å². The third-order valence-corrected chi connectivity index (χ3v) is 11.1. The number of nitrogens with zero attached hydrogens (tertiary/aromatic N) is 2. The Labute approximate surface area is 397 Å². The van der Waals surface area contributed by atoms with Gasteiger partial charge in [0.1, 0.15) is 36.3 Å². The summed E-state index contributed by atoms with van der Waals surface area (Å²) in [6.45, 7) is 3.34. The molecule has 2 saturated heterocycles. The zero-order chi connectivity index (χ0) is 48.4. The molecule has 2 aliphatic heterocycles. The average molecular weight is 983 g/mol. The molecule has 1 radical (unpaired) electrons.